The summed E-state index contributed by atoms with van der Waals surface area (Å²) in [5.74, 6) is -1.29. The van der Waals surface area contributed by atoms with Crippen molar-refractivity contribution in [2.24, 2.45) is 0 Å². The Bertz CT molecular complexity index is 560. The highest BCUT2D eigenvalue weighted by molar-refractivity contribution is 7.90. The number of pyridine rings is 1. The molecule has 4 nitrogen and oxygen atoms in total. The maximum absolute atomic E-state index is 12.6. The van der Waals surface area contributed by atoms with Crippen molar-refractivity contribution < 1.29 is 21.6 Å². The van der Waals surface area contributed by atoms with Gasteiger partial charge in [-0.05, 0) is 6.07 Å². The van der Waals surface area contributed by atoms with Gasteiger partial charge in [-0.1, -0.05) is 13.0 Å². The van der Waals surface area contributed by atoms with Crippen LogP contribution in [0.3, 0.4) is 0 Å². The van der Waals surface area contributed by atoms with Crippen LogP contribution in [0.25, 0.3) is 0 Å². The fourth-order valence-electron chi connectivity index (χ4n) is 1.19. The third-order valence-corrected chi connectivity index (χ3v) is 3.64. The Morgan fingerprint density at radius 2 is 1.88 bits per heavy atom. The Balaban J connectivity index is 3.38. The monoisotopic (exact) mass is 269 g/mol. The largest absolute Gasteiger partial charge is 0.431 e. The number of rotatable bonds is 3. The molecular formula is C9H10F3NO3S. The van der Waals surface area contributed by atoms with E-state index < -0.39 is 33.1 Å². The Hall–Kier alpha value is -1.31. The van der Waals surface area contributed by atoms with Gasteiger partial charge in [0.15, 0.2) is 9.84 Å². The van der Waals surface area contributed by atoms with Crippen LogP contribution in [0.1, 0.15) is 12.6 Å². The van der Waals surface area contributed by atoms with E-state index in [9.17, 15) is 26.4 Å². The second kappa shape index (κ2) is 4.52. The van der Waals surface area contributed by atoms with Crippen LogP contribution in [0, 0.1) is 0 Å². The third-order valence-electron chi connectivity index (χ3n) is 2.11. The van der Waals surface area contributed by atoms with Crippen LogP contribution in [0.5, 0.6) is 0 Å². The summed E-state index contributed by atoms with van der Waals surface area (Å²) in [5, 5.41) is 0. The topological polar surface area (TPSA) is 56.1 Å². The molecule has 17 heavy (non-hydrogen) atoms. The summed E-state index contributed by atoms with van der Waals surface area (Å²) in [4.78, 5) is 11.3. The number of nitrogens with zero attached hydrogens (tertiary/aromatic N) is 1. The van der Waals surface area contributed by atoms with Crippen LogP contribution < -0.4 is 5.56 Å². The lowest BCUT2D eigenvalue weighted by Gasteiger charge is -2.14. The number of alkyl halides is 3. The predicted molar refractivity (Wildman–Crippen MR) is 55.2 cm³/mol. The van der Waals surface area contributed by atoms with Crippen molar-refractivity contribution in [2.45, 2.75) is 19.0 Å². The minimum atomic E-state index is -4.76. The summed E-state index contributed by atoms with van der Waals surface area (Å²) < 4.78 is 60.4. The van der Waals surface area contributed by atoms with Crippen LogP contribution in [-0.4, -0.2) is 18.7 Å². The first-order valence-electron chi connectivity index (χ1n) is 4.65. The first-order valence-corrected chi connectivity index (χ1v) is 6.47. The van der Waals surface area contributed by atoms with Gasteiger partial charge in [0.1, 0.15) is 11.6 Å². The molecule has 0 aromatic carbocycles. The number of halogens is 3. The Kier molecular flexibility index (Phi) is 3.65. The highest BCUT2D eigenvalue weighted by Crippen LogP contribution is 2.28. The Morgan fingerprint density at radius 3 is 2.35 bits per heavy atom. The van der Waals surface area contributed by atoms with E-state index in [-0.39, 0.29) is 10.3 Å². The first kappa shape index (κ1) is 13.8. The summed E-state index contributed by atoms with van der Waals surface area (Å²) in [5.41, 5.74) is -2.25. The molecule has 0 unspecified atom stereocenters. The molecule has 0 fully saturated rings. The third kappa shape index (κ3) is 3.32. The summed E-state index contributed by atoms with van der Waals surface area (Å²) in [6, 6.07) is 2.51. The molecule has 1 aromatic rings. The Labute approximate surface area is 95.6 Å². The lowest BCUT2D eigenvalue weighted by atomic mass is 10.3. The van der Waals surface area contributed by atoms with E-state index in [1.807, 2.05) is 0 Å². The van der Waals surface area contributed by atoms with Crippen LogP contribution >= 0.6 is 0 Å². The van der Waals surface area contributed by atoms with E-state index in [0.29, 0.717) is 6.07 Å². The van der Waals surface area contributed by atoms with E-state index in [1.54, 1.807) is 0 Å². The second-order valence-corrected chi connectivity index (χ2v) is 5.66. The van der Waals surface area contributed by atoms with Gasteiger partial charge >= 0.3 is 6.18 Å². The maximum Gasteiger partial charge on any atom is 0.431 e. The first-order chi connectivity index (χ1) is 7.67. The van der Waals surface area contributed by atoms with Crippen molar-refractivity contribution >= 4 is 9.84 Å². The van der Waals surface area contributed by atoms with Crippen molar-refractivity contribution in [1.82, 2.24) is 4.57 Å². The van der Waals surface area contributed by atoms with Gasteiger partial charge in [0, 0.05) is 11.8 Å². The van der Waals surface area contributed by atoms with Crippen LogP contribution in [0.2, 0.25) is 0 Å². The van der Waals surface area contributed by atoms with Gasteiger partial charge in [-0.25, -0.2) is 8.42 Å². The molecule has 0 saturated carbocycles. The molecule has 0 aliphatic heterocycles. The SMILES string of the molecule is CCS(=O)(=O)Cn1c(C(F)(F)F)cccc1=O. The minimum absolute atomic E-state index is 0.221. The maximum atomic E-state index is 12.6. The number of aromatic nitrogens is 1. The second-order valence-electron chi connectivity index (χ2n) is 3.34. The van der Waals surface area contributed by atoms with Crippen molar-refractivity contribution in [1.29, 1.82) is 0 Å². The summed E-state index contributed by atoms with van der Waals surface area (Å²) >= 11 is 0. The molecule has 0 bridgehead atoms. The van der Waals surface area contributed by atoms with Crippen molar-refractivity contribution in [3.8, 4) is 0 Å². The van der Waals surface area contributed by atoms with Gasteiger partial charge < -0.3 is 0 Å². The predicted octanol–water partition coefficient (Wildman–Crippen LogP) is 1.26. The fourth-order valence-corrected chi connectivity index (χ4v) is 2.03. The molecule has 0 radical (unpaired) electrons. The van der Waals surface area contributed by atoms with Crippen LogP contribution in [0.15, 0.2) is 23.0 Å². The summed E-state index contributed by atoms with van der Waals surface area (Å²) in [6.45, 7) is 1.30. The average molecular weight is 269 g/mol. The van der Waals surface area contributed by atoms with Crippen molar-refractivity contribution in [2.75, 3.05) is 5.75 Å². The zero-order valence-electron chi connectivity index (χ0n) is 8.86. The number of hydrogen-bond acceptors (Lipinski definition) is 3. The zero-order chi connectivity index (χ0) is 13.3. The lowest BCUT2D eigenvalue weighted by Crippen LogP contribution is -2.30. The Morgan fingerprint density at radius 1 is 1.29 bits per heavy atom. The molecule has 8 heteroatoms. The molecule has 0 N–H and O–H groups in total. The minimum Gasteiger partial charge on any atom is -0.289 e. The van der Waals surface area contributed by atoms with Gasteiger partial charge in [0.25, 0.3) is 5.56 Å². The molecule has 1 aromatic heterocycles. The molecular weight excluding hydrogens is 259 g/mol. The van der Waals surface area contributed by atoms with Gasteiger partial charge in [0.05, 0.1) is 0 Å². The average Bonchev–Trinajstić information content (AvgIpc) is 2.19. The normalized spacial score (nSPS) is 12.7. The van der Waals surface area contributed by atoms with E-state index in [0.717, 1.165) is 12.1 Å². The zero-order valence-corrected chi connectivity index (χ0v) is 9.68. The van der Waals surface area contributed by atoms with E-state index >= 15 is 0 Å². The van der Waals surface area contributed by atoms with Crippen molar-refractivity contribution in [3.63, 3.8) is 0 Å². The molecule has 1 rings (SSSR count). The highest BCUT2D eigenvalue weighted by atomic mass is 32.2. The van der Waals surface area contributed by atoms with Crippen LogP contribution in [0.4, 0.5) is 13.2 Å². The summed E-state index contributed by atoms with van der Waals surface area (Å²) in [6.07, 6.45) is -4.76. The molecule has 1 heterocycles. The van der Waals surface area contributed by atoms with E-state index in [4.69, 9.17) is 0 Å². The highest BCUT2D eigenvalue weighted by Gasteiger charge is 2.34. The molecule has 0 spiro atoms. The molecule has 96 valence electrons. The smallest absolute Gasteiger partial charge is 0.289 e. The molecule has 0 aliphatic rings. The van der Waals surface area contributed by atoms with Gasteiger partial charge in [-0.3, -0.25) is 9.36 Å². The molecule has 0 atom stereocenters. The van der Waals surface area contributed by atoms with Gasteiger partial charge in [0.2, 0.25) is 0 Å². The summed E-state index contributed by atoms with van der Waals surface area (Å²) in [7, 11) is -3.71. The lowest BCUT2D eigenvalue weighted by molar-refractivity contribution is -0.143. The van der Waals surface area contributed by atoms with E-state index in [1.165, 1.54) is 6.92 Å². The molecule has 0 aliphatic carbocycles. The van der Waals surface area contributed by atoms with Crippen LogP contribution in [-0.2, 0) is 21.9 Å². The van der Waals surface area contributed by atoms with Gasteiger partial charge in [-0.2, -0.15) is 13.2 Å². The fraction of sp³-hybridized carbons (Fsp3) is 0.444. The van der Waals surface area contributed by atoms with Gasteiger partial charge in [-0.15, -0.1) is 0 Å². The van der Waals surface area contributed by atoms with E-state index in [2.05, 4.69) is 0 Å². The number of sulfone groups is 1. The number of hydrogen-bond donors (Lipinski definition) is 0. The van der Waals surface area contributed by atoms with Crippen molar-refractivity contribution in [3.05, 3.63) is 34.2 Å². The quantitative estimate of drug-likeness (QED) is 0.830. The molecule has 0 amide bonds. The standard InChI is InChI=1S/C9H10F3NO3S/c1-2-17(15,16)6-13-7(9(10,11)12)4-3-5-8(13)14/h3-5H,2,6H2,1H3. The molecule has 0 saturated heterocycles.